The summed E-state index contributed by atoms with van der Waals surface area (Å²) in [4.78, 5) is 12.6. The Bertz CT molecular complexity index is 918. The summed E-state index contributed by atoms with van der Waals surface area (Å²) in [6.45, 7) is 3.42. The SMILES string of the molecule is CC(C)CC(NC(=O)CN(c1ccc(F)cc1F)S(C)(=O)=O)c1ccccc1. The molecular formula is C20H24F2N2O3S. The molecule has 28 heavy (non-hydrogen) atoms. The van der Waals surface area contributed by atoms with Gasteiger partial charge in [0.2, 0.25) is 15.9 Å². The van der Waals surface area contributed by atoms with Crippen molar-refractivity contribution in [2.75, 3.05) is 17.1 Å². The number of hydrogen-bond acceptors (Lipinski definition) is 3. The highest BCUT2D eigenvalue weighted by Gasteiger charge is 2.25. The Morgan fingerprint density at radius 3 is 2.29 bits per heavy atom. The Labute approximate surface area is 164 Å². The summed E-state index contributed by atoms with van der Waals surface area (Å²) >= 11 is 0. The van der Waals surface area contributed by atoms with Gasteiger partial charge in [-0.25, -0.2) is 17.2 Å². The maximum absolute atomic E-state index is 14.1. The molecular weight excluding hydrogens is 386 g/mol. The van der Waals surface area contributed by atoms with Crippen LogP contribution in [-0.4, -0.2) is 27.1 Å². The molecule has 1 atom stereocenters. The Morgan fingerprint density at radius 2 is 1.75 bits per heavy atom. The zero-order valence-corrected chi connectivity index (χ0v) is 16.8. The van der Waals surface area contributed by atoms with Gasteiger partial charge in [0.1, 0.15) is 18.2 Å². The van der Waals surface area contributed by atoms with Gasteiger partial charge >= 0.3 is 0 Å². The molecule has 2 aromatic rings. The number of carbonyl (C=O) groups excluding carboxylic acids is 1. The molecule has 0 radical (unpaired) electrons. The lowest BCUT2D eigenvalue weighted by Crippen LogP contribution is -2.42. The molecule has 0 saturated carbocycles. The lowest BCUT2D eigenvalue weighted by molar-refractivity contribution is -0.120. The minimum atomic E-state index is -3.96. The van der Waals surface area contributed by atoms with Crippen molar-refractivity contribution in [1.82, 2.24) is 5.32 Å². The summed E-state index contributed by atoms with van der Waals surface area (Å²) in [5.41, 5.74) is 0.516. The van der Waals surface area contributed by atoms with E-state index in [0.29, 0.717) is 16.8 Å². The van der Waals surface area contributed by atoms with Gasteiger partial charge in [-0.1, -0.05) is 44.2 Å². The van der Waals surface area contributed by atoms with E-state index in [1.165, 1.54) is 0 Å². The van der Waals surface area contributed by atoms with Crippen molar-refractivity contribution < 1.29 is 22.0 Å². The third kappa shape index (κ3) is 6.02. The van der Waals surface area contributed by atoms with Crippen molar-refractivity contribution in [3.8, 4) is 0 Å². The van der Waals surface area contributed by atoms with Gasteiger partial charge in [-0.05, 0) is 30.0 Å². The largest absolute Gasteiger partial charge is 0.348 e. The molecule has 0 aromatic heterocycles. The van der Waals surface area contributed by atoms with Gasteiger partial charge in [0.05, 0.1) is 18.0 Å². The van der Waals surface area contributed by atoms with Crippen LogP contribution < -0.4 is 9.62 Å². The molecule has 1 amide bonds. The highest BCUT2D eigenvalue weighted by molar-refractivity contribution is 7.92. The number of amides is 1. The van der Waals surface area contributed by atoms with Crippen LogP contribution in [0.15, 0.2) is 48.5 Å². The van der Waals surface area contributed by atoms with Crippen LogP contribution in [0.3, 0.4) is 0 Å². The second-order valence-electron chi connectivity index (χ2n) is 7.03. The zero-order chi connectivity index (χ0) is 20.9. The van der Waals surface area contributed by atoms with E-state index in [9.17, 15) is 22.0 Å². The second-order valence-corrected chi connectivity index (χ2v) is 8.93. The van der Waals surface area contributed by atoms with Gasteiger partial charge in [0.25, 0.3) is 0 Å². The number of anilines is 1. The van der Waals surface area contributed by atoms with E-state index in [1.54, 1.807) is 0 Å². The molecule has 0 spiro atoms. The molecule has 8 heteroatoms. The Morgan fingerprint density at radius 1 is 1.11 bits per heavy atom. The lowest BCUT2D eigenvalue weighted by atomic mass is 9.97. The maximum atomic E-state index is 14.1. The van der Waals surface area contributed by atoms with Crippen molar-refractivity contribution in [2.45, 2.75) is 26.3 Å². The first kappa shape index (κ1) is 21.8. The van der Waals surface area contributed by atoms with Crippen LogP contribution in [0.25, 0.3) is 0 Å². The third-order valence-corrected chi connectivity index (χ3v) is 5.24. The van der Waals surface area contributed by atoms with E-state index in [2.05, 4.69) is 5.32 Å². The van der Waals surface area contributed by atoms with Gasteiger partial charge in [0.15, 0.2) is 0 Å². The van der Waals surface area contributed by atoms with Crippen LogP contribution in [0.5, 0.6) is 0 Å². The van der Waals surface area contributed by atoms with E-state index >= 15 is 0 Å². The smallest absolute Gasteiger partial charge is 0.241 e. The number of benzene rings is 2. The molecule has 0 fully saturated rings. The third-order valence-electron chi connectivity index (χ3n) is 4.11. The number of nitrogens with one attached hydrogen (secondary N) is 1. The molecule has 0 bridgehead atoms. The lowest BCUT2D eigenvalue weighted by Gasteiger charge is -2.25. The van der Waals surface area contributed by atoms with Crippen LogP contribution in [0.1, 0.15) is 31.9 Å². The number of halogens is 2. The molecule has 0 heterocycles. The predicted octanol–water partition coefficient (Wildman–Crippen LogP) is 3.63. The van der Waals surface area contributed by atoms with Crippen LogP contribution >= 0.6 is 0 Å². The zero-order valence-electron chi connectivity index (χ0n) is 16.0. The van der Waals surface area contributed by atoms with Gasteiger partial charge in [-0.3, -0.25) is 9.10 Å². The minimum Gasteiger partial charge on any atom is -0.348 e. The van der Waals surface area contributed by atoms with E-state index in [1.807, 2.05) is 44.2 Å². The molecule has 2 rings (SSSR count). The Balaban J connectivity index is 2.25. The fourth-order valence-electron chi connectivity index (χ4n) is 2.87. The van der Waals surface area contributed by atoms with E-state index in [-0.39, 0.29) is 17.6 Å². The number of rotatable bonds is 8. The average molecular weight is 410 g/mol. The van der Waals surface area contributed by atoms with Crippen molar-refractivity contribution in [2.24, 2.45) is 5.92 Å². The monoisotopic (exact) mass is 410 g/mol. The highest BCUT2D eigenvalue weighted by atomic mass is 32.2. The van der Waals surface area contributed by atoms with E-state index in [0.717, 1.165) is 24.0 Å². The highest BCUT2D eigenvalue weighted by Crippen LogP contribution is 2.24. The minimum absolute atomic E-state index is 0.283. The van der Waals surface area contributed by atoms with Crippen molar-refractivity contribution in [1.29, 1.82) is 0 Å². The fraction of sp³-hybridized carbons (Fsp3) is 0.350. The normalized spacial score (nSPS) is 12.6. The summed E-state index contributed by atoms with van der Waals surface area (Å²) in [6.07, 6.45) is 1.52. The van der Waals surface area contributed by atoms with Gasteiger partial charge in [-0.2, -0.15) is 0 Å². The summed E-state index contributed by atoms with van der Waals surface area (Å²) in [7, 11) is -3.96. The van der Waals surface area contributed by atoms with E-state index in [4.69, 9.17) is 0 Å². The average Bonchev–Trinajstić information content (AvgIpc) is 2.59. The topological polar surface area (TPSA) is 66.5 Å². The first-order chi connectivity index (χ1) is 13.1. The molecule has 1 N–H and O–H groups in total. The molecule has 0 aliphatic rings. The summed E-state index contributed by atoms with van der Waals surface area (Å²) in [5.74, 6) is -2.19. The van der Waals surface area contributed by atoms with E-state index < -0.39 is 34.1 Å². The van der Waals surface area contributed by atoms with Crippen molar-refractivity contribution in [3.05, 3.63) is 65.7 Å². The van der Waals surface area contributed by atoms with Crippen molar-refractivity contribution in [3.63, 3.8) is 0 Å². The number of nitrogens with zero attached hydrogens (tertiary/aromatic N) is 1. The summed E-state index contributed by atoms with van der Waals surface area (Å²) < 4.78 is 52.1. The first-order valence-electron chi connectivity index (χ1n) is 8.85. The van der Waals surface area contributed by atoms with Crippen LogP contribution in [0, 0.1) is 17.6 Å². The molecule has 152 valence electrons. The van der Waals surface area contributed by atoms with Gasteiger partial charge < -0.3 is 5.32 Å². The molecule has 5 nitrogen and oxygen atoms in total. The number of hydrogen-bond donors (Lipinski definition) is 1. The Kier molecular flexibility index (Phi) is 7.12. The molecule has 0 aliphatic heterocycles. The number of carbonyl (C=O) groups is 1. The molecule has 2 aromatic carbocycles. The van der Waals surface area contributed by atoms with Crippen LogP contribution in [-0.2, 0) is 14.8 Å². The predicted molar refractivity (Wildman–Crippen MR) is 105 cm³/mol. The quantitative estimate of drug-likeness (QED) is 0.723. The van der Waals surface area contributed by atoms with Gasteiger partial charge in [0, 0.05) is 6.07 Å². The summed E-state index contributed by atoms with van der Waals surface area (Å²) in [5, 5.41) is 2.83. The van der Waals surface area contributed by atoms with Crippen LogP contribution in [0.4, 0.5) is 14.5 Å². The van der Waals surface area contributed by atoms with Crippen molar-refractivity contribution >= 4 is 21.6 Å². The molecule has 0 saturated heterocycles. The first-order valence-corrected chi connectivity index (χ1v) is 10.7. The molecule has 1 unspecified atom stereocenters. The molecule has 0 aliphatic carbocycles. The van der Waals surface area contributed by atoms with Crippen LogP contribution in [0.2, 0.25) is 0 Å². The fourth-order valence-corrected chi connectivity index (χ4v) is 3.73. The Hall–Kier alpha value is -2.48. The summed E-state index contributed by atoms with van der Waals surface area (Å²) in [6, 6.07) is 11.5. The maximum Gasteiger partial charge on any atom is 0.241 e. The van der Waals surface area contributed by atoms with Gasteiger partial charge in [-0.15, -0.1) is 0 Å². The second kappa shape index (κ2) is 9.14. The standard InChI is InChI=1S/C20H24F2N2O3S/c1-14(2)11-18(15-7-5-4-6-8-15)23-20(25)13-24(28(3,26)27)19-10-9-16(21)12-17(19)22/h4-10,12,14,18H,11,13H2,1-3H3,(H,23,25). The number of sulfonamides is 1.